The quantitative estimate of drug-likeness (QED) is 0.759. The van der Waals surface area contributed by atoms with E-state index in [-0.39, 0.29) is 0 Å². The molecule has 0 heterocycles. The summed E-state index contributed by atoms with van der Waals surface area (Å²) in [6, 6.07) is 7.04. The summed E-state index contributed by atoms with van der Waals surface area (Å²) in [5.41, 5.74) is 2.36. The monoisotopic (exact) mass is 342 g/mol. The summed E-state index contributed by atoms with van der Waals surface area (Å²) in [5.74, 6) is 0. The Bertz CT molecular complexity index is 438. The first-order valence-corrected chi connectivity index (χ1v) is 7.79. The minimum absolute atomic E-state index is 0.356. The van der Waals surface area contributed by atoms with Gasteiger partial charge in [-0.25, -0.2) is 0 Å². The van der Waals surface area contributed by atoms with E-state index in [9.17, 15) is 5.11 Å². The molecule has 0 saturated heterocycles. The van der Waals surface area contributed by atoms with E-state index in [4.69, 9.17) is 4.74 Å². The van der Waals surface area contributed by atoms with Crippen LogP contribution >= 0.6 is 15.9 Å². The van der Waals surface area contributed by atoms with Crippen molar-refractivity contribution in [2.75, 3.05) is 32.2 Å². The number of halogens is 1. The van der Waals surface area contributed by atoms with Crippen LogP contribution in [0.1, 0.15) is 18.4 Å². The van der Waals surface area contributed by atoms with Gasteiger partial charge in [0.05, 0.1) is 12.7 Å². The molecule has 0 bridgehead atoms. The first-order chi connectivity index (χ1) is 9.60. The summed E-state index contributed by atoms with van der Waals surface area (Å²) < 4.78 is 6.06. The third-order valence-electron chi connectivity index (χ3n) is 3.48. The fourth-order valence-corrected chi connectivity index (χ4v) is 2.63. The average molecular weight is 343 g/mol. The van der Waals surface area contributed by atoms with Crippen molar-refractivity contribution in [2.45, 2.75) is 31.5 Å². The molecule has 1 unspecified atom stereocenters. The van der Waals surface area contributed by atoms with Crippen molar-refractivity contribution < 1.29 is 9.84 Å². The normalized spacial score (nSPS) is 16.2. The van der Waals surface area contributed by atoms with Gasteiger partial charge in [-0.15, -0.1) is 0 Å². The van der Waals surface area contributed by atoms with E-state index in [1.165, 1.54) is 18.4 Å². The number of benzene rings is 1. The van der Waals surface area contributed by atoms with E-state index in [1.54, 1.807) is 7.11 Å². The van der Waals surface area contributed by atoms with Crippen LogP contribution in [0.3, 0.4) is 0 Å². The maximum Gasteiger partial charge on any atom is 0.0947 e. The van der Waals surface area contributed by atoms with Gasteiger partial charge in [-0.2, -0.15) is 0 Å². The van der Waals surface area contributed by atoms with Crippen LogP contribution in [-0.2, 0) is 11.3 Å². The Morgan fingerprint density at radius 2 is 2.25 bits per heavy atom. The number of nitrogens with one attached hydrogen (secondary N) is 1. The molecule has 1 atom stereocenters. The molecule has 1 aliphatic rings. The largest absolute Gasteiger partial charge is 0.389 e. The van der Waals surface area contributed by atoms with E-state index >= 15 is 0 Å². The van der Waals surface area contributed by atoms with E-state index in [0.29, 0.717) is 19.2 Å². The van der Waals surface area contributed by atoms with Gasteiger partial charge >= 0.3 is 0 Å². The smallest absolute Gasteiger partial charge is 0.0947 e. The SMILES string of the molecule is COCC(O)CN(C)c1ccc(CNC2CC2)c(Br)c1. The summed E-state index contributed by atoms with van der Waals surface area (Å²) >= 11 is 3.63. The molecular formula is C15H23BrN2O2. The van der Waals surface area contributed by atoms with Crippen molar-refractivity contribution in [1.82, 2.24) is 5.32 Å². The van der Waals surface area contributed by atoms with Crippen LogP contribution in [0.4, 0.5) is 5.69 Å². The molecule has 1 saturated carbocycles. The van der Waals surface area contributed by atoms with Gasteiger partial charge in [0.2, 0.25) is 0 Å². The van der Waals surface area contributed by atoms with Crippen molar-refractivity contribution in [3.63, 3.8) is 0 Å². The van der Waals surface area contributed by atoms with Crippen molar-refractivity contribution in [3.8, 4) is 0 Å². The first-order valence-electron chi connectivity index (χ1n) is 7.00. The Labute approximate surface area is 129 Å². The highest BCUT2D eigenvalue weighted by Gasteiger charge is 2.20. The number of anilines is 1. The molecule has 4 nitrogen and oxygen atoms in total. The molecule has 1 aliphatic carbocycles. The van der Waals surface area contributed by atoms with Gasteiger partial charge in [0.15, 0.2) is 0 Å². The Kier molecular flexibility index (Phi) is 5.84. The van der Waals surface area contributed by atoms with Gasteiger partial charge in [0.25, 0.3) is 0 Å². The number of hydrogen-bond acceptors (Lipinski definition) is 4. The van der Waals surface area contributed by atoms with Gasteiger partial charge < -0.3 is 20.1 Å². The molecule has 1 aromatic rings. The highest BCUT2D eigenvalue weighted by Crippen LogP contribution is 2.25. The standard InChI is InChI=1S/C15H23BrN2O2/c1-18(9-14(19)10-20-2)13-6-3-11(15(16)7-13)8-17-12-4-5-12/h3,6-7,12,14,17,19H,4-5,8-10H2,1-2H3. The number of nitrogens with zero attached hydrogens (tertiary/aromatic N) is 1. The maximum absolute atomic E-state index is 9.77. The molecule has 0 radical (unpaired) electrons. The maximum atomic E-state index is 9.77. The Balaban J connectivity index is 1.92. The molecule has 2 rings (SSSR count). The van der Waals surface area contributed by atoms with Crippen molar-refractivity contribution in [3.05, 3.63) is 28.2 Å². The average Bonchev–Trinajstić information content (AvgIpc) is 3.21. The second-order valence-electron chi connectivity index (χ2n) is 5.42. The van der Waals surface area contributed by atoms with Crippen molar-refractivity contribution in [2.24, 2.45) is 0 Å². The fraction of sp³-hybridized carbons (Fsp3) is 0.600. The highest BCUT2D eigenvalue weighted by molar-refractivity contribution is 9.10. The molecule has 1 fully saturated rings. The Hall–Kier alpha value is -0.620. The van der Waals surface area contributed by atoms with E-state index < -0.39 is 6.10 Å². The van der Waals surface area contributed by atoms with Crippen molar-refractivity contribution >= 4 is 21.6 Å². The Morgan fingerprint density at radius 3 is 2.85 bits per heavy atom. The summed E-state index contributed by atoms with van der Waals surface area (Å²) in [4.78, 5) is 2.03. The van der Waals surface area contributed by atoms with E-state index in [0.717, 1.165) is 16.7 Å². The number of aliphatic hydroxyl groups excluding tert-OH is 1. The fourth-order valence-electron chi connectivity index (χ4n) is 2.13. The third kappa shape index (κ3) is 4.74. The lowest BCUT2D eigenvalue weighted by atomic mass is 10.2. The number of hydrogen-bond donors (Lipinski definition) is 2. The molecule has 112 valence electrons. The molecule has 20 heavy (non-hydrogen) atoms. The van der Waals surface area contributed by atoms with Gasteiger partial charge in [0, 0.05) is 43.4 Å². The zero-order valence-corrected chi connectivity index (χ0v) is 13.7. The number of rotatable bonds is 8. The lowest BCUT2D eigenvalue weighted by molar-refractivity contribution is 0.0695. The predicted molar refractivity (Wildman–Crippen MR) is 85.2 cm³/mol. The van der Waals surface area contributed by atoms with Crippen LogP contribution in [0.15, 0.2) is 22.7 Å². The lowest BCUT2D eigenvalue weighted by Crippen LogP contribution is -2.31. The summed E-state index contributed by atoms with van der Waals surface area (Å²) in [6.07, 6.45) is 2.13. The van der Waals surface area contributed by atoms with Crippen LogP contribution in [0.25, 0.3) is 0 Å². The van der Waals surface area contributed by atoms with Gasteiger partial charge in [-0.05, 0) is 30.5 Å². The molecule has 2 N–H and O–H groups in total. The van der Waals surface area contributed by atoms with Gasteiger partial charge in [-0.3, -0.25) is 0 Å². The zero-order valence-electron chi connectivity index (χ0n) is 12.1. The molecule has 0 amide bonds. The Morgan fingerprint density at radius 1 is 1.50 bits per heavy atom. The highest BCUT2D eigenvalue weighted by atomic mass is 79.9. The minimum atomic E-state index is -0.472. The topological polar surface area (TPSA) is 44.7 Å². The van der Waals surface area contributed by atoms with Crippen LogP contribution < -0.4 is 10.2 Å². The number of likely N-dealkylation sites (N-methyl/N-ethyl adjacent to an activating group) is 1. The molecule has 0 aliphatic heterocycles. The zero-order chi connectivity index (χ0) is 14.5. The summed E-state index contributed by atoms with van der Waals surface area (Å²) in [7, 11) is 3.57. The first kappa shape index (κ1) is 15.8. The third-order valence-corrected chi connectivity index (χ3v) is 4.22. The summed E-state index contributed by atoms with van der Waals surface area (Å²) in [6.45, 7) is 1.82. The van der Waals surface area contributed by atoms with Gasteiger partial charge in [0.1, 0.15) is 0 Å². The second-order valence-corrected chi connectivity index (χ2v) is 6.27. The minimum Gasteiger partial charge on any atom is -0.389 e. The van der Waals surface area contributed by atoms with Crippen LogP contribution in [0, 0.1) is 0 Å². The van der Waals surface area contributed by atoms with Crippen molar-refractivity contribution in [1.29, 1.82) is 0 Å². The van der Waals surface area contributed by atoms with Crippen LogP contribution in [0.5, 0.6) is 0 Å². The number of methoxy groups -OCH3 is 1. The van der Waals surface area contributed by atoms with Crippen LogP contribution in [0.2, 0.25) is 0 Å². The lowest BCUT2D eigenvalue weighted by Gasteiger charge is -2.23. The molecular weight excluding hydrogens is 320 g/mol. The molecule has 0 aromatic heterocycles. The number of aliphatic hydroxyl groups is 1. The number of ether oxygens (including phenoxy) is 1. The molecule has 1 aromatic carbocycles. The predicted octanol–water partition coefficient (Wildman–Crippen LogP) is 2.14. The molecule has 5 heteroatoms. The van der Waals surface area contributed by atoms with E-state index in [2.05, 4.69) is 39.4 Å². The summed E-state index contributed by atoms with van der Waals surface area (Å²) in [5, 5.41) is 13.3. The van der Waals surface area contributed by atoms with E-state index in [1.807, 2.05) is 11.9 Å². The van der Waals surface area contributed by atoms with Crippen LogP contribution in [-0.4, -0.2) is 44.6 Å². The second kappa shape index (κ2) is 7.41. The van der Waals surface area contributed by atoms with Gasteiger partial charge in [-0.1, -0.05) is 22.0 Å². The molecule has 0 spiro atoms.